The van der Waals surface area contributed by atoms with E-state index in [4.69, 9.17) is 0 Å². The molecule has 144 valence electrons. The number of aliphatic hydroxyl groups is 1. The summed E-state index contributed by atoms with van der Waals surface area (Å²) in [6.07, 6.45) is 0.0723. The second kappa shape index (κ2) is 7.15. The molecule has 0 aliphatic rings. The molecule has 0 aliphatic carbocycles. The van der Waals surface area contributed by atoms with E-state index >= 15 is 0 Å². The molecule has 0 saturated heterocycles. The Labute approximate surface area is 158 Å². The zero-order valence-corrected chi connectivity index (χ0v) is 16.5. The lowest BCUT2D eigenvalue weighted by Gasteiger charge is -2.28. The number of aryl methyl sites for hydroxylation is 1. The molecule has 0 saturated carbocycles. The number of aromatic nitrogens is 4. The zero-order valence-electron chi connectivity index (χ0n) is 16.5. The molecule has 1 aromatic carbocycles. The van der Waals surface area contributed by atoms with Crippen LogP contribution in [0.2, 0.25) is 0 Å². The number of nitrogens with one attached hydrogen (secondary N) is 1. The van der Waals surface area contributed by atoms with Crippen molar-refractivity contribution in [2.75, 3.05) is 5.32 Å². The number of hydrogen-bond acceptors (Lipinski definition) is 5. The highest BCUT2D eigenvalue weighted by molar-refractivity contribution is 5.72. The summed E-state index contributed by atoms with van der Waals surface area (Å²) >= 11 is 0. The molecular weight excluding hydrogens is 342 g/mol. The average molecular weight is 369 g/mol. The maximum absolute atomic E-state index is 13.1. The van der Waals surface area contributed by atoms with Crippen molar-refractivity contribution < 1.29 is 5.11 Å². The Balaban J connectivity index is 2.05. The average Bonchev–Trinajstić information content (AvgIpc) is 2.87. The van der Waals surface area contributed by atoms with Crippen molar-refractivity contribution in [2.45, 2.75) is 52.3 Å². The normalized spacial score (nSPS) is 13.1. The van der Waals surface area contributed by atoms with Crippen molar-refractivity contribution in [1.29, 1.82) is 0 Å². The molecule has 7 heteroatoms. The largest absolute Gasteiger partial charge is 0.393 e. The lowest BCUT2D eigenvalue weighted by molar-refractivity contribution is 0.163. The number of aliphatic hydroxyl groups excluding tert-OH is 1. The van der Waals surface area contributed by atoms with Crippen LogP contribution >= 0.6 is 0 Å². The van der Waals surface area contributed by atoms with Crippen LogP contribution in [0.3, 0.4) is 0 Å². The van der Waals surface area contributed by atoms with Gasteiger partial charge in [-0.25, -0.2) is 4.98 Å². The van der Waals surface area contributed by atoms with E-state index in [2.05, 4.69) is 15.3 Å². The summed E-state index contributed by atoms with van der Waals surface area (Å²) < 4.78 is 3.42. The van der Waals surface area contributed by atoms with Gasteiger partial charge in [0.05, 0.1) is 6.10 Å². The van der Waals surface area contributed by atoms with E-state index < -0.39 is 11.6 Å². The summed E-state index contributed by atoms with van der Waals surface area (Å²) in [6.45, 7) is 8.13. The van der Waals surface area contributed by atoms with E-state index in [-0.39, 0.29) is 5.56 Å². The molecule has 2 heterocycles. The Morgan fingerprint density at radius 3 is 2.52 bits per heavy atom. The van der Waals surface area contributed by atoms with E-state index in [9.17, 15) is 9.90 Å². The zero-order chi connectivity index (χ0) is 19.8. The summed E-state index contributed by atoms with van der Waals surface area (Å²) in [4.78, 5) is 22.2. The third kappa shape index (κ3) is 4.03. The van der Waals surface area contributed by atoms with Crippen molar-refractivity contribution in [2.24, 2.45) is 7.05 Å². The fourth-order valence-corrected chi connectivity index (χ4v) is 3.43. The summed E-state index contributed by atoms with van der Waals surface area (Å²) in [5, 5.41) is 13.0. The van der Waals surface area contributed by atoms with Gasteiger partial charge in [-0.2, -0.15) is 4.98 Å². The van der Waals surface area contributed by atoms with Gasteiger partial charge in [0.2, 0.25) is 5.95 Å². The van der Waals surface area contributed by atoms with E-state index in [0.717, 1.165) is 11.4 Å². The first-order valence-electron chi connectivity index (χ1n) is 9.12. The summed E-state index contributed by atoms with van der Waals surface area (Å²) in [7, 11) is 1.70. The van der Waals surface area contributed by atoms with E-state index in [1.165, 1.54) is 4.57 Å². The van der Waals surface area contributed by atoms with Gasteiger partial charge in [0, 0.05) is 19.1 Å². The summed E-state index contributed by atoms with van der Waals surface area (Å²) in [6, 6.07) is 9.98. The first kappa shape index (κ1) is 19.1. The molecule has 2 aromatic heterocycles. The van der Waals surface area contributed by atoms with Crippen LogP contribution in [0.15, 0.2) is 35.1 Å². The molecule has 0 radical (unpaired) electrons. The Morgan fingerprint density at radius 1 is 1.22 bits per heavy atom. The first-order valence-corrected chi connectivity index (χ1v) is 9.12. The predicted octanol–water partition coefficient (Wildman–Crippen LogP) is 2.45. The molecule has 0 aliphatic heterocycles. The maximum Gasteiger partial charge on any atom is 0.280 e. The van der Waals surface area contributed by atoms with Gasteiger partial charge in [-0.3, -0.25) is 9.36 Å². The highest BCUT2D eigenvalue weighted by Gasteiger charge is 2.24. The quantitative estimate of drug-likeness (QED) is 0.697. The third-order valence-electron chi connectivity index (χ3n) is 4.62. The van der Waals surface area contributed by atoms with Crippen LogP contribution in [0.1, 0.15) is 38.6 Å². The molecule has 0 fully saturated rings. The van der Waals surface area contributed by atoms with Crippen molar-refractivity contribution in [1.82, 2.24) is 19.1 Å². The highest BCUT2D eigenvalue weighted by atomic mass is 16.3. The van der Waals surface area contributed by atoms with Crippen molar-refractivity contribution in [3.63, 3.8) is 0 Å². The Kier molecular flexibility index (Phi) is 5.06. The van der Waals surface area contributed by atoms with Crippen LogP contribution in [0.5, 0.6) is 0 Å². The molecule has 1 unspecified atom stereocenters. The molecule has 3 rings (SSSR count). The second-order valence-electron chi connectivity index (χ2n) is 7.76. The van der Waals surface area contributed by atoms with Crippen molar-refractivity contribution in [3.05, 3.63) is 52.1 Å². The Morgan fingerprint density at radius 2 is 1.89 bits per heavy atom. The number of rotatable bonds is 6. The molecular formula is C20H27N5O2. The fourth-order valence-electron chi connectivity index (χ4n) is 3.43. The van der Waals surface area contributed by atoms with E-state index in [1.54, 1.807) is 14.0 Å². The topological polar surface area (TPSA) is 85.0 Å². The molecule has 1 atom stereocenters. The van der Waals surface area contributed by atoms with Gasteiger partial charge < -0.3 is 15.0 Å². The number of fused-ring (bicyclic) bond motifs is 1. The fraction of sp³-hybridized carbons (Fsp3) is 0.450. The molecule has 7 nitrogen and oxygen atoms in total. The predicted molar refractivity (Wildman–Crippen MR) is 107 cm³/mol. The SMILES string of the molecule is Cc1nc2nc(NC(C)(C)CC(C)O)n(C)c(=O)c2n1Cc1ccccc1. The van der Waals surface area contributed by atoms with Gasteiger partial charge in [0.15, 0.2) is 11.2 Å². The minimum absolute atomic E-state index is 0.146. The molecule has 3 aromatic rings. The van der Waals surface area contributed by atoms with Crippen LogP contribution in [-0.4, -0.2) is 35.9 Å². The second-order valence-corrected chi connectivity index (χ2v) is 7.76. The van der Waals surface area contributed by atoms with Crippen molar-refractivity contribution in [3.8, 4) is 0 Å². The number of anilines is 1. The van der Waals surface area contributed by atoms with Crippen LogP contribution in [0, 0.1) is 6.92 Å². The molecule has 0 spiro atoms. The van der Waals surface area contributed by atoms with Crippen molar-refractivity contribution >= 4 is 17.1 Å². The lowest BCUT2D eigenvalue weighted by atomic mass is 9.98. The van der Waals surface area contributed by atoms with Gasteiger partial charge >= 0.3 is 0 Å². The van der Waals surface area contributed by atoms with Crippen LogP contribution in [0.4, 0.5) is 5.95 Å². The number of benzene rings is 1. The lowest BCUT2D eigenvalue weighted by Crippen LogP contribution is -2.37. The maximum atomic E-state index is 13.1. The molecule has 2 N–H and O–H groups in total. The van der Waals surface area contributed by atoms with Crippen LogP contribution in [0.25, 0.3) is 11.2 Å². The van der Waals surface area contributed by atoms with Crippen LogP contribution < -0.4 is 10.9 Å². The smallest absolute Gasteiger partial charge is 0.280 e. The summed E-state index contributed by atoms with van der Waals surface area (Å²) in [5.41, 5.74) is 1.47. The highest BCUT2D eigenvalue weighted by Crippen LogP contribution is 2.20. The molecule has 0 bridgehead atoms. The van der Waals surface area contributed by atoms with Gasteiger partial charge in [-0.15, -0.1) is 0 Å². The van der Waals surface area contributed by atoms with Gasteiger partial charge in [-0.1, -0.05) is 30.3 Å². The Bertz CT molecular complexity index is 1000. The van der Waals surface area contributed by atoms with Crippen LogP contribution in [-0.2, 0) is 13.6 Å². The first-order chi connectivity index (χ1) is 12.7. The number of nitrogens with zero attached hydrogens (tertiary/aromatic N) is 4. The molecule has 27 heavy (non-hydrogen) atoms. The van der Waals surface area contributed by atoms with Gasteiger partial charge in [0.1, 0.15) is 5.82 Å². The standard InChI is InChI=1S/C20H27N5O2/c1-13(26)11-20(3,4)23-19-22-17-16(18(27)24(19)5)25(14(2)21-17)12-15-9-7-6-8-10-15/h6-10,13,26H,11-12H2,1-5H3,(H,22,23). The number of imidazole rings is 1. The minimum atomic E-state index is -0.458. The Hall–Kier alpha value is -2.67. The van der Waals surface area contributed by atoms with Gasteiger partial charge in [-0.05, 0) is 39.7 Å². The summed E-state index contributed by atoms with van der Waals surface area (Å²) in [5.74, 6) is 1.20. The minimum Gasteiger partial charge on any atom is -0.393 e. The van der Waals surface area contributed by atoms with E-state index in [0.29, 0.717) is 30.1 Å². The third-order valence-corrected chi connectivity index (χ3v) is 4.62. The van der Waals surface area contributed by atoms with Gasteiger partial charge in [0.25, 0.3) is 5.56 Å². The number of hydrogen-bond donors (Lipinski definition) is 2. The monoisotopic (exact) mass is 369 g/mol. The van der Waals surface area contributed by atoms with E-state index in [1.807, 2.05) is 55.7 Å². The molecule has 0 amide bonds.